The number of hydrogen-bond donors (Lipinski definition) is 2. The number of phenols is 1. The van der Waals surface area contributed by atoms with Crippen molar-refractivity contribution >= 4 is 6.03 Å². The Kier molecular flexibility index (Phi) is 5.62. The van der Waals surface area contributed by atoms with Crippen molar-refractivity contribution in [3.63, 3.8) is 0 Å². The van der Waals surface area contributed by atoms with Crippen LogP contribution in [0.4, 0.5) is 4.79 Å². The van der Waals surface area contributed by atoms with E-state index in [0.29, 0.717) is 6.54 Å². The molecule has 0 spiro atoms. The summed E-state index contributed by atoms with van der Waals surface area (Å²) in [6, 6.07) is 7.15. The number of nitrogens with one attached hydrogen (secondary N) is 1. The van der Waals surface area contributed by atoms with Gasteiger partial charge in [0, 0.05) is 31.9 Å². The second kappa shape index (κ2) is 7.67. The highest BCUT2D eigenvalue weighted by Gasteiger charge is 2.13. The molecule has 1 aromatic heterocycles. The van der Waals surface area contributed by atoms with Crippen LogP contribution in [-0.4, -0.2) is 38.9 Å². The van der Waals surface area contributed by atoms with E-state index in [1.807, 2.05) is 32.3 Å². The number of carbonyl (C=O) groups excluding carboxylic acids is 1. The zero-order valence-electron chi connectivity index (χ0n) is 13.9. The molecule has 0 aliphatic carbocycles. The van der Waals surface area contributed by atoms with Gasteiger partial charge in [0.1, 0.15) is 5.75 Å². The van der Waals surface area contributed by atoms with Gasteiger partial charge in [0.25, 0.3) is 0 Å². The van der Waals surface area contributed by atoms with Gasteiger partial charge in [0.15, 0.2) is 0 Å². The first-order valence-electron chi connectivity index (χ1n) is 7.71. The Labute approximate surface area is 136 Å². The number of carbonyl (C=O) groups is 1. The van der Waals surface area contributed by atoms with Crippen molar-refractivity contribution in [2.24, 2.45) is 7.05 Å². The highest BCUT2D eigenvalue weighted by Crippen LogP contribution is 2.12. The van der Waals surface area contributed by atoms with Gasteiger partial charge >= 0.3 is 6.03 Å². The summed E-state index contributed by atoms with van der Waals surface area (Å²) in [6.45, 7) is 2.53. The molecule has 1 aromatic carbocycles. The lowest BCUT2D eigenvalue weighted by Gasteiger charge is -2.21. The molecule has 23 heavy (non-hydrogen) atoms. The van der Waals surface area contributed by atoms with E-state index in [2.05, 4.69) is 10.4 Å². The van der Waals surface area contributed by atoms with Crippen molar-refractivity contribution in [2.75, 3.05) is 7.05 Å². The second-order valence-electron chi connectivity index (χ2n) is 5.93. The fourth-order valence-electron chi connectivity index (χ4n) is 2.34. The fraction of sp³-hybridized carbons (Fsp3) is 0.412. The van der Waals surface area contributed by atoms with E-state index in [1.54, 1.807) is 35.0 Å². The van der Waals surface area contributed by atoms with Crippen LogP contribution in [0.5, 0.6) is 5.75 Å². The van der Waals surface area contributed by atoms with E-state index in [9.17, 15) is 9.90 Å². The van der Waals surface area contributed by atoms with Crippen molar-refractivity contribution in [3.8, 4) is 5.75 Å². The van der Waals surface area contributed by atoms with Gasteiger partial charge in [-0.05, 0) is 37.5 Å². The number of benzene rings is 1. The molecular formula is C17H24N4O2. The Hall–Kier alpha value is -2.50. The van der Waals surface area contributed by atoms with Crippen LogP contribution in [0, 0.1) is 0 Å². The van der Waals surface area contributed by atoms with Crippen LogP contribution in [-0.2, 0) is 20.0 Å². The standard InChI is InChI=1S/C17H24N4O2/c1-13(4-5-14-6-8-16(22)9-7-14)19-17(23)20(2)11-15-10-18-21(3)12-15/h6-10,12-13,22H,4-5,11H2,1-3H3,(H,19,23). The van der Waals surface area contributed by atoms with Gasteiger partial charge in [-0.25, -0.2) is 4.79 Å². The third-order valence-electron chi connectivity index (χ3n) is 3.70. The predicted octanol–water partition coefficient (Wildman–Crippen LogP) is 2.29. The average molecular weight is 316 g/mol. The summed E-state index contributed by atoms with van der Waals surface area (Å²) in [5.41, 5.74) is 2.15. The highest BCUT2D eigenvalue weighted by atomic mass is 16.3. The zero-order valence-corrected chi connectivity index (χ0v) is 13.9. The van der Waals surface area contributed by atoms with Crippen LogP contribution < -0.4 is 5.32 Å². The quantitative estimate of drug-likeness (QED) is 0.859. The summed E-state index contributed by atoms with van der Waals surface area (Å²) in [5.74, 6) is 0.270. The zero-order chi connectivity index (χ0) is 16.8. The van der Waals surface area contributed by atoms with Crippen LogP contribution in [0.3, 0.4) is 0 Å². The van der Waals surface area contributed by atoms with Crippen LogP contribution in [0.2, 0.25) is 0 Å². The molecule has 2 amide bonds. The molecule has 0 saturated heterocycles. The van der Waals surface area contributed by atoms with E-state index in [4.69, 9.17) is 0 Å². The number of hydrogen-bond acceptors (Lipinski definition) is 3. The average Bonchev–Trinajstić information content (AvgIpc) is 2.91. The molecule has 0 saturated carbocycles. The minimum atomic E-state index is -0.0907. The van der Waals surface area contributed by atoms with Gasteiger partial charge in [-0.3, -0.25) is 4.68 Å². The van der Waals surface area contributed by atoms with Crippen molar-refractivity contribution in [2.45, 2.75) is 32.4 Å². The van der Waals surface area contributed by atoms with E-state index >= 15 is 0 Å². The molecule has 1 unspecified atom stereocenters. The monoisotopic (exact) mass is 316 g/mol. The topological polar surface area (TPSA) is 70.4 Å². The summed E-state index contributed by atoms with van der Waals surface area (Å²) in [4.78, 5) is 13.8. The van der Waals surface area contributed by atoms with Gasteiger partial charge < -0.3 is 15.3 Å². The van der Waals surface area contributed by atoms with Gasteiger partial charge in [-0.15, -0.1) is 0 Å². The Bertz CT molecular complexity index is 636. The van der Waals surface area contributed by atoms with Crippen molar-refractivity contribution in [3.05, 3.63) is 47.8 Å². The lowest BCUT2D eigenvalue weighted by atomic mass is 10.1. The maximum Gasteiger partial charge on any atom is 0.317 e. The Morgan fingerprint density at radius 3 is 2.65 bits per heavy atom. The van der Waals surface area contributed by atoms with Gasteiger partial charge in [-0.1, -0.05) is 12.1 Å². The molecule has 1 heterocycles. The molecule has 0 aliphatic heterocycles. The first-order chi connectivity index (χ1) is 10.9. The van der Waals surface area contributed by atoms with E-state index < -0.39 is 0 Å². The summed E-state index contributed by atoms with van der Waals surface area (Å²) < 4.78 is 1.72. The third-order valence-corrected chi connectivity index (χ3v) is 3.70. The number of aromatic nitrogens is 2. The molecule has 6 heteroatoms. The minimum absolute atomic E-state index is 0.0765. The Morgan fingerprint density at radius 2 is 2.04 bits per heavy atom. The van der Waals surface area contributed by atoms with Crippen LogP contribution in [0.15, 0.2) is 36.7 Å². The summed E-state index contributed by atoms with van der Waals surface area (Å²) in [5, 5.41) is 16.4. The molecule has 2 N–H and O–H groups in total. The maximum absolute atomic E-state index is 12.2. The van der Waals surface area contributed by atoms with E-state index in [1.165, 1.54) is 0 Å². The second-order valence-corrected chi connectivity index (χ2v) is 5.93. The number of nitrogens with zero attached hydrogens (tertiary/aromatic N) is 3. The number of aromatic hydroxyl groups is 1. The van der Waals surface area contributed by atoms with Crippen molar-refractivity contribution in [1.29, 1.82) is 0 Å². The van der Waals surface area contributed by atoms with Gasteiger partial charge in [0.2, 0.25) is 0 Å². The SMILES string of the molecule is CC(CCc1ccc(O)cc1)NC(=O)N(C)Cc1cnn(C)c1. The van der Waals surface area contributed by atoms with Crippen LogP contribution in [0.25, 0.3) is 0 Å². The van der Waals surface area contributed by atoms with Crippen molar-refractivity contribution < 1.29 is 9.90 Å². The number of rotatable bonds is 6. The lowest BCUT2D eigenvalue weighted by Crippen LogP contribution is -2.41. The smallest absolute Gasteiger partial charge is 0.317 e. The normalized spacial score (nSPS) is 12.0. The predicted molar refractivity (Wildman–Crippen MR) is 89.1 cm³/mol. The summed E-state index contributed by atoms with van der Waals surface area (Å²) >= 11 is 0. The maximum atomic E-state index is 12.2. The molecule has 6 nitrogen and oxygen atoms in total. The Balaban J connectivity index is 1.76. The van der Waals surface area contributed by atoms with Gasteiger partial charge in [0.05, 0.1) is 12.7 Å². The van der Waals surface area contributed by atoms with Crippen LogP contribution >= 0.6 is 0 Å². The first-order valence-corrected chi connectivity index (χ1v) is 7.71. The van der Waals surface area contributed by atoms with Crippen LogP contribution in [0.1, 0.15) is 24.5 Å². The molecule has 0 fully saturated rings. The number of phenolic OH excluding ortho intramolecular Hbond substituents is 1. The van der Waals surface area contributed by atoms with Gasteiger partial charge in [-0.2, -0.15) is 5.10 Å². The molecule has 1 atom stereocenters. The molecule has 0 radical (unpaired) electrons. The van der Waals surface area contributed by atoms with E-state index in [-0.39, 0.29) is 17.8 Å². The molecule has 124 valence electrons. The molecule has 0 bridgehead atoms. The molecular weight excluding hydrogens is 292 g/mol. The molecule has 2 aromatic rings. The number of aryl methyl sites for hydroxylation is 2. The largest absolute Gasteiger partial charge is 0.508 e. The summed E-state index contributed by atoms with van der Waals surface area (Å²) in [6.07, 6.45) is 5.36. The fourth-order valence-corrected chi connectivity index (χ4v) is 2.34. The summed E-state index contributed by atoms with van der Waals surface area (Å²) in [7, 11) is 3.63. The minimum Gasteiger partial charge on any atom is -0.508 e. The van der Waals surface area contributed by atoms with Crippen molar-refractivity contribution in [1.82, 2.24) is 20.0 Å². The molecule has 0 aliphatic rings. The number of amides is 2. The van der Waals surface area contributed by atoms with E-state index in [0.717, 1.165) is 24.0 Å². The first kappa shape index (κ1) is 16.9. The molecule has 2 rings (SSSR count). The number of urea groups is 1. The Morgan fingerprint density at radius 1 is 1.35 bits per heavy atom. The third kappa shape index (κ3) is 5.32. The highest BCUT2D eigenvalue weighted by molar-refractivity contribution is 5.74. The lowest BCUT2D eigenvalue weighted by molar-refractivity contribution is 0.203.